The van der Waals surface area contributed by atoms with Crippen molar-refractivity contribution in [3.05, 3.63) is 95.7 Å². The van der Waals surface area contributed by atoms with Crippen LogP contribution >= 0.6 is 0 Å². The van der Waals surface area contributed by atoms with E-state index < -0.39 is 6.10 Å². The SMILES string of the molecule is COc1ccc(O[C@@H]2C(=O)N(CCc3c[nH]c4ccccc34)[C@@H]2c2ccc(C#N)cc2)cc1. The van der Waals surface area contributed by atoms with Gasteiger partial charge in [0, 0.05) is 23.6 Å². The molecule has 1 fully saturated rings. The molecule has 2 atom stereocenters. The van der Waals surface area contributed by atoms with Crippen LogP contribution in [-0.2, 0) is 11.2 Å². The number of methoxy groups -OCH3 is 1. The number of hydrogen-bond donors (Lipinski definition) is 1. The number of benzene rings is 3. The van der Waals surface area contributed by atoms with Crippen molar-refractivity contribution in [3.63, 3.8) is 0 Å². The molecule has 1 aliphatic heterocycles. The predicted molar refractivity (Wildman–Crippen MR) is 125 cm³/mol. The molecule has 0 saturated carbocycles. The highest BCUT2D eigenvalue weighted by atomic mass is 16.5. The van der Waals surface area contributed by atoms with Gasteiger partial charge in [0.15, 0.2) is 0 Å². The van der Waals surface area contributed by atoms with Crippen molar-refractivity contribution in [3.8, 4) is 17.6 Å². The van der Waals surface area contributed by atoms with Crippen LogP contribution in [0.2, 0.25) is 0 Å². The second-order valence-corrected chi connectivity index (χ2v) is 8.03. The van der Waals surface area contributed by atoms with Crippen molar-refractivity contribution in [1.29, 1.82) is 5.26 Å². The number of fused-ring (bicyclic) bond motifs is 1. The van der Waals surface area contributed by atoms with Gasteiger partial charge in [0.25, 0.3) is 5.91 Å². The Kier molecular flexibility index (Phi) is 5.45. The van der Waals surface area contributed by atoms with Crippen molar-refractivity contribution < 1.29 is 14.3 Å². The summed E-state index contributed by atoms with van der Waals surface area (Å²) in [6.07, 6.45) is 2.13. The molecule has 164 valence electrons. The van der Waals surface area contributed by atoms with Crippen LogP contribution in [0.25, 0.3) is 10.9 Å². The second kappa shape index (κ2) is 8.71. The number of nitrogens with one attached hydrogen (secondary N) is 1. The summed E-state index contributed by atoms with van der Waals surface area (Å²) in [4.78, 5) is 18.3. The molecule has 1 N–H and O–H groups in total. The Hall–Kier alpha value is -4.24. The van der Waals surface area contributed by atoms with Crippen LogP contribution in [0.4, 0.5) is 0 Å². The summed E-state index contributed by atoms with van der Waals surface area (Å²) in [5.74, 6) is 1.30. The number of aromatic nitrogens is 1. The van der Waals surface area contributed by atoms with Crippen molar-refractivity contribution in [2.45, 2.75) is 18.6 Å². The van der Waals surface area contributed by atoms with Gasteiger partial charge in [0.2, 0.25) is 6.10 Å². The van der Waals surface area contributed by atoms with Gasteiger partial charge in [-0.2, -0.15) is 5.26 Å². The monoisotopic (exact) mass is 437 g/mol. The van der Waals surface area contributed by atoms with Crippen LogP contribution in [0.5, 0.6) is 11.5 Å². The average molecular weight is 437 g/mol. The third-order valence-electron chi connectivity index (χ3n) is 6.15. The van der Waals surface area contributed by atoms with Crippen LogP contribution < -0.4 is 9.47 Å². The zero-order chi connectivity index (χ0) is 22.8. The molecule has 0 unspecified atom stereocenters. The number of amides is 1. The summed E-state index contributed by atoms with van der Waals surface area (Å²) in [6.45, 7) is 0.577. The Bertz CT molecular complexity index is 1320. The fourth-order valence-corrected chi connectivity index (χ4v) is 4.37. The van der Waals surface area contributed by atoms with Crippen molar-refractivity contribution in [2.75, 3.05) is 13.7 Å². The molecule has 1 amide bonds. The Morgan fingerprint density at radius 3 is 2.45 bits per heavy atom. The van der Waals surface area contributed by atoms with E-state index in [1.807, 2.05) is 53.6 Å². The number of likely N-dealkylation sites (tertiary alicyclic amines) is 1. The number of aromatic amines is 1. The van der Waals surface area contributed by atoms with E-state index in [1.165, 1.54) is 10.9 Å². The highest BCUT2D eigenvalue weighted by molar-refractivity contribution is 5.89. The van der Waals surface area contributed by atoms with E-state index in [-0.39, 0.29) is 11.9 Å². The van der Waals surface area contributed by atoms with E-state index in [0.29, 0.717) is 17.9 Å². The summed E-state index contributed by atoms with van der Waals surface area (Å²) in [7, 11) is 1.61. The number of carbonyl (C=O) groups excluding carboxylic acids is 1. The van der Waals surface area contributed by atoms with E-state index in [4.69, 9.17) is 14.7 Å². The molecule has 0 radical (unpaired) electrons. The Morgan fingerprint density at radius 2 is 1.73 bits per heavy atom. The summed E-state index contributed by atoms with van der Waals surface area (Å²) < 4.78 is 11.3. The lowest BCUT2D eigenvalue weighted by molar-refractivity contribution is -0.164. The number of rotatable bonds is 7. The third kappa shape index (κ3) is 3.90. The molecule has 4 aromatic rings. The molecule has 6 nitrogen and oxygen atoms in total. The van der Waals surface area contributed by atoms with Gasteiger partial charge < -0.3 is 19.4 Å². The van der Waals surface area contributed by atoms with Gasteiger partial charge >= 0.3 is 0 Å². The molecule has 0 aliphatic carbocycles. The second-order valence-electron chi connectivity index (χ2n) is 8.03. The third-order valence-corrected chi connectivity index (χ3v) is 6.15. The number of nitrogens with zero attached hydrogens (tertiary/aromatic N) is 2. The van der Waals surface area contributed by atoms with Crippen LogP contribution in [-0.4, -0.2) is 35.5 Å². The summed E-state index contributed by atoms with van der Waals surface area (Å²) >= 11 is 0. The topological polar surface area (TPSA) is 78.3 Å². The maximum Gasteiger partial charge on any atom is 0.266 e. The minimum atomic E-state index is -0.616. The molecular formula is C27H23N3O3. The van der Waals surface area contributed by atoms with Gasteiger partial charge in [-0.25, -0.2) is 0 Å². The van der Waals surface area contributed by atoms with Gasteiger partial charge in [-0.3, -0.25) is 4.79 Å². The fraction of sp³-hybridized carbons (Fsp3) is 0.185. The first-order valence-electron chi connectivity index (χ1n) is 10.8. The largest absolute Gasteiger partial charge is 0.497 e. The molecular weight excluding hydrogens is 414 g/mol. The van der Waals surface area contributed by atoms with Crippen molar-refractivity contribution in [1.82, 2.24) is 9.88 Å². The maximum absolute atomic E-state index is 13.1. The lowest BCUT2D eigenvalue weighted by atomic mass is 9.89. The lowest BCUT2D eigenvalue weighted by Crippen LogP contribution is -2.61. The Labute approximate surface area is 192 Å². The smallest absolute Gasteiger partial charge is 0.266 e. The molecule has 1 aromatic heterocycles. The van der Waals surface area contributed by atoms with Crippen molar-refractivity contribution in [2.24, 2.45) is 0 Å². The normalized spacial score (nSPS) is 17.5. The number of ether oxygens (including phenoxy) is 2. The molecule has 0 bridgehead atoms. The van der Waals surface area contributed by atoms with Crippen LogP contribution in [0.3, 0.4) is 0 Å². The number of para-hydroxylation sites is 1. The van der Waals surface area contributed by atoms with Crippen LogP contribution in [0.1, 0.15) is 22.7 Å². The molecule has 2 heterocycles. The van der Waals surface area contributed by atoms with E-state index >= 15 is 0 Å². The first-order valence-corrected chi connectivity index (χ1v) is 10.8. The standard InChI is InChI=1S/C27H23N3O3/c1-32-21-10-12-22(13-11-21)33-26-25(19-8-6-18(16-28)7-9-19)30(27(26)31)15-14-20-17-29-24-5-3-2-4-23(20)24/h2-13,17,25-26,29H,14-15H2,1H3/t25-,26+/m1/s1. The first kappa shape index (κ1) is 20.7. The number of hydrogen-bond acceptors (Lipinski definition) is 4. The van der Waals surface area contributed by atoms with E-state index in [1.54, 1.807) is 31.4 Å². The number of β-lactam (4-membered cyclic amide) rings is 1. The molecule has 1 saturated heterocycles. The molecule has 5 rings (SSSR count). The van der Waals surface area contributed by atoms with Gasteiger partial charge in [-0.15, -0.1) is 0 Å². The molecule has 33 heavy (non-hydrogen) atoms. The number of carbonyl (C=O) groups is 1. The molecule has 6 heteroatoms. The minimum absolute atomic E-state index is 0.0416. The zero-order valence-electron chi connectivity index (χ0n) is 18.2. The molecule has 0 spiro atoms. The number of nitriles is 1. The predicted octanol–water partition coefficient (Wildman–Crippen LogP) is 4.62. The minimum Gasteiger partial charge on any atom is -0.497 e. The van der Waals surface area contributed by atoms with Gasteiger partial charge in [0.05, 0.1) is 18.7 Å². The van der Waals surface area contributed by atoms with E-state index in [2.05, 4.69) is 17.1 Å². The van der Waals surface area contributed by atoms with Crippen molar-refractivity contribution >= 4 is 16.8 Å². The Balaban J connectivity index is 1.38. The molecule has 3 aromatic carbocycles. The average Bonchev–Trinajstić information content (AvgIpc) is 3.28. The highest BCUT2D eigenvalue weighted by Crippen LogP contribution is 2.38. The number of H-pyrrole nitrogens is 1. The van der Waals surface area contributed by atoms with Gasteiger partial charge in [0.1, 0.15) is 17.5 Å². The summed E-state index contributed by atoms with van der Waals surface area (Å²) in [5, 5.41) is 10.3. The fourth-order valence-electron chi connectivity index (χ4n) is 4.37. The molecule has 1 aliphatic rings. The maximum atomic E-state index is 13.1. The highest BCUT2D eigenvalue weighted by Gasteiger charge is 2.49. The van der Waals surface area contributed by atoms with E-state index in [9.17, 15) is 4.79 Å². The van der Waals surface area contributed by atoms with Crippen LogP contribution in [0.15, 0.2) is 79.0 Å². The quantitative estimate of drug-likeness (QED) is 0.428. The lowest BCUT2D eigenvalue weighted by Gasteiger charge is -2.47. The first-order chi connectivity index (χ1) is 16.2. The van der Waals surface area contributed by atoms with Crippen LogP contribution in [0, 0.1) is 11.3 Å². The van der Waals surface area contributed by atoms with E-state index in [0.717, 1.165) is 23.3 Å². The van der Waals surface area contributed by atoms with Gasteiger partial charge in [-0.1, -0.05) is 30.3 Å². The summed E-state index contributed by atoms with van der Waals surface area (Å²) in [5.41, 5.74) is 3.80. The summed E-state index contributed by atoms with van der Waals surface area (Å²) in [6, 6.07) is 24.7. The Morgan fingerprint density at radius 1 is 1.00 bits per heavy atom. The van der Waals surface area contributed by atoms with Gasteiger partial charge in [-0.05, 0) is 60.0 Å². The zero-order valence-corrected chi connectivity index (χ0v) is 18.2.